The maximum absolute atomic E-state index is 4.06. The highest BCUT2D eigenvalue weighted by molar-refractivity contribution is 5.73. The van der Waals surface area contributed by atoms with Crippen molar-refractivity contribution in [3.8, 4) is 0 Å². The molecule has 0 saturated heterocycles. The summed E-state index contributed by atoms with van der Waals surface area (Å²) in [4.78, 5) is 10.3. The van der Waals surface area contributed by atoms with Crippen LogP contribution in [0.2, 0.25) is 0 Å². The van der Waals surface area contributed by atoms with Gasteiger partial charge in [0.2, 0.25) is 0 Å². The van der Waals surface area contributed by atoms with Gasteiger partial charge in [0, 0.05) is 20.3 Å². The molecule has 0 bridgehead atoms. The summed E-state index contributed by atoms with van der Waals surface area (Å²) >= 11 is 0. The van der Waals surface area contributed by atoms with E-state index in [1.165, 1.54) is 23.2 Å². The molecular formula is C22H35N3. The molecule has 138 valence electrons. The van der Waals surface area contributed by atoms with Crippen molar-refractivity contribution in [2.24, 2.45) is 0 Å². The van der Waals surface area contributed by atoms with E-state index in [-0.39, 0.29) is 2.85 Å². The molecule has 1 aliphatic carbocycles. The van der Waals surface area contributed by atoms with E-state index in [9.17, 15) is 0 Å². The molecule has 0 aliphatic heterocycles. The minimum atomic E-state index is 0. The van der Waals surface area contributed by atoms with Gasteiger partial charge in [-0.05, 0) is 37.1 Å². The first-order valence-corrected chi connectivity index (χ1v) is 9.15. The van der Waals surface area contributed by atoms with E-state index in [1.54, 1.807) is 6.33 Å². The van der Waals surface area contributed by atoms with Gasteiger partial charge in [-0.1, -0.05) is 64.5 Å². The molecule has 0 saturated carbocycles. The zero-order valence-electron chi connectivity index (χ0n) is 16.1. The van der Waals surface area contributed by atoms with Gasteiger partial charge in [-0.3, -0.25) is 0 Å². The summed E-state index contributed by atoms with van der Waals surface area (Å²) in [7, 11) is 0. The van der Waals surface area contributed by atoms with Gasteiger partial charge in [-0.25, -0.2) is 4.98 Å². The molecule has 3 aromatic rings. The van der Waals surface area contributed by atoms with Crippen LogP contribution in [0.1, 0.15) is 60.2 Å². The Morgan fingerprint density at radius 3 is 2.44 bits per heavy atom. The molecule has 4 rings (SSSR count). The molecule has 0 amide bonds. The fraction of sp³-hybridized carbons (Fsp3) is 0.318. The number of aryl methyl sites for hydroxylation is 1. The van der Waals surface area contributed by atoms with Gasteiger partial charge in [-0.15, -0.1) is 0 Å². The predicted molar refractivity (Wildman–Crippen MR) is 116 cm³/mol. The Hall–Kier alpha value is -2.55. The van der Waals surface area contributed by atoms with Crippen molar-refractivity contribution >= 4 is 23.2 Å². The Morgan fingerprint density at radius 1 is 1.04 bits per heavy atom. The van der Waals surface area contributed by atoms with Crippen LogP contribution in [0.4, 0.5) is 0 Å². The fourth-order valence-electron chi connectivity index (χ4n) is 2.24. The smallest absolute Gasteiger partial charge is 0.0931 e. The van der Waals surface area contributed by atoms with Crippen LogP contribution >= 0.6 is 0 Å². The molecule has 1 aliphatic rings. The number of aromatic amines is 2. The van der Waals surface area contributed by atoms with Crippen molar-refractivity contribution in [2.45, 2.75) is 47.5 Å². The zero-order chi connectivity index (χ0) is 18.5. The number of fused-ring (bicyclic) bond motifs is 2. The molecule has 0 fully saturated rings. The SMILES string of the molecule is CC.CCC.Cc1c[nH]c2c1C=CCC=C2.[HH].[HH].c1ccc2[nH]cnc2c1. The number of benzene rings is 1. The number of allylic oxidation sites excluding steroid dienone is 2. The quantitative estimate of drug-likeness (QED) is 0.444. The van der Waals surface area contributed by atoms with E-state index in [0.717, 1.165) is 17.5 Å². The van der Waals surface area contributed by atoms with Crippen LogP contribution in [-0.2, 0) is 0 Å². The van der Waals surface area contributed by atoms with Crippen molar-refractivity contribution in [2.75, 3.05) is 0 Å². The summed E-state index contributed by atoms with van der Waals surface area (Å²) < 4.78 is 0. The first-order valence-electron chi connectivity index (χ1n) is 9.15. The lowest BCUT2D eigenvalue weighted by Gasteiger charge is -1.90. The summed E-state index contributed by atoms with van der Waals surface area (Å²) in [5.41, 5.74) is 6.01. The van der Waals surface area contributed by atoms with Crippen molar-refractivity contribution < 1.29 is 2.85 Å². The first-order chi connectivity index (χ1) is 12.3. The molecule has 0 atom stereocenters. The highest BCUT2D eigenvalue weighted by atomic mass is 14.9. The molecule has 0 radical (unpaired) electrons. The lowest BCUT2D eigenvalue weighted by molar-refractivity contribution is 1.09. The second kappa shape index (κ2) is 11.9. The predicted octanol–water partition coefficient (Wildman–Crippen LogP) is 7.25. The van der Waals surface area contributed by atoms with Crippen LogP contribution in [0.25, 0.3) is 23.2 Å². The maximum atomic E-state index is 4.06. The Bertz CT molecular complexity index is 756. The maximum Gasteiger partial charge on any atom is 0.0931 e. The second-order valence-electron chi connectivity index (χ2n) is 5.47. The summed E-state index contributed by atoms with van der Waals surface area (Å²) in [6.45, 7) is 10.4. The van der Waals surface area contributed by atoms with Crippen molar-refractivity contribution in [3.05, 3.63) is 65.8 Å². The Morgan fingerprint density at radius 2 is 1.72 bits per heavy atom. The number of aromatic nitrogens is 3. The van der Waals surface area contributed by atoms with Crippen LogP contribution in [0, 0.1) is 6.92 Å². The molecule has 1 aromatic carbocycles. The summed E-state index contributed by atoms with van der Waals surface area (Å²) in [6.07, 6.45) is 14.7. The number of hydrogen-bond acceptors (Lipinski definition) is 1. The second-order valence-corrected chi connectivity index (χ2v) is 5.47. The van der Waals surface area contributed by atoms with Crippen LogP contribution < -0.4 is 0 Å². The number of nitrogens with one attached hydrogen (secondary N) is 2. The van der Waals surface area contributed by atoms with Gasteiger partial charge in [0.1, 0.15) is 0 Å². The molecular weight excluding hydrogens is 306 g/mol. The van der Waals surface area contributed by atoms with Crippen LogP contribution in [-0.4, -0.2) is 15.0 Å². The van der Waals surface area contributed by atoms with Crippen LogP contribution in [0.15, 0.2) is 48.9 Å². The van der Waals surface area contributed by atoms with E-state index < -0.39 is 0 Å². The summed E-state index contributed by atoms with van der Waals surface area (Å²) in [6, 6.07) is 7.94. The third kappa shape index (κ3) is 6.46. The van der Waals surface area contributed by atoms with Gasteiger partial charge in [0.25, 0.3) is 0 Å². The lowest BCUT2D eigenvalue weighted by atomic mass is 10.1. The zero-order valence-corrected chi connectivity index (χ0v) is 16.1. The van der Waals surface area contributed by atoms with Crippen molar-refractivity contribution in [1.29, 1.82) is 0 Å². The number of hydrogen-bond donors (Lipinski definition) is 2. The van der Waals surface area contributed by atoms with Gasteiger partial charge in [0.15, 0.2) is 0 Å². The van der Waals surface area contributed by atoms with Gasteiger partial charge >= 0.3 is 0 Å². The third-order valence-electron chi connectivity index (χ3n) is 3.33. The van der Waals surface area contributed by atoms with E-state index in [0.29, 0.717) is 0 Å². The van der Waals surface area contributed by atoms with E-state index in [4.69, 9.17) is 0 Å². The summed E-state index contributed by atoms with van der Waals surface area (Å²) in [5, 5.41) is 0. The van der Waals surface area contributed by atoms with Crippen LogP contribution in [0.5, 0.6) is 0 Å². The average molecular weight is 342 g/mol. The Labute approximate surface area is 154 Å². The molecule has 3 nitrogen and oxygen atoms in total. The Balaban J connectivity index is 0. The standard InChI is InChI=1S/C10H11N.C7H6N2.C3H8.C2H6.2H2/c1-8-7-11-10-6-4-2-3-5-9(8)10;1-2-4-7-6(3-1)8-5-9-7;1-3-2;1-2;;/h3-7,11H,2H2,1H3;1-5H,(H,8,9);3H2,1-2H3;1-2H3;2*1H. The molecule has 3 heteroatoms. The molecule has 2 aromatic heterocycles. The lowest BCUT2D eigenvalue weighted by Crippen LogP contribution is -1.74. The van der Waals surface area contributed by atoms with E-state index in [2.05, 4.69) is 60.0 Å². The van der Waals surface area contributed by atoms with Crippen molar-refractivity contribution in [1.82, 2.24) is 15.0 Å². The Kier molecular flexibility index (Phi) is 9.76. The minimum absolute atomic E-state index is 0. The highest BCUT2D eigenvalue weighted by Crippen LogP contribution is 2.19. The van der Waals surface area contributed by atoms with Gasteiger partial charge in [-0.2, -0.15) is 0 Å². The first kappa shape index (κ1) is 20.5. The van der Waals surface area contributed by atoms with Gasteiger partial charge < -0.3 is 9.97 Å². The monoisotopic (exact) mass is 341 g/mol. The largest absolute Gasteiger partial charge is 0.361 e. The molecule has 25 heavy (non-hydrogen) atoms. The number of imidazole rings is 1. The molecule has 0 unspecified atom stereocenters. The number of para-hydroxylation sites is 2. The fourth-order valence-corrected chi connectivity index (χ4v) is 2.24. The van der Waals surface area contributed by atoms with Gasteiger partial charge in [0.05, 0.1) is 17.4 Å². The van der Waals surface area contributed by atoms with E-state index in [1.807, 2.05) is 44.3 Å². The number of H-pyrrole nitrogens is 2. The normalized spacial score (nSPS) is 11.1. The average Bonchev–Trinajstić information content (AvgIpc) is 3.18. The van der Waals surface area contributed by atoms with E-state index >= 15 is 0 Å². The molecule has 0 spiro atoms. The minimum Gasteiger partial charge on any atom is -0.361 e. The third-order valence-corrected chi connectivity index (χ3v) is 3.33. The topological polar surface area (TPSA) is 44.5 Å². The highest BCUT2D eigenvalue weighted by Gasteiger charge is 2.02. The number of rotatable bonds is 0. The molecule has 2 heterocycles. The van der Waals surface area contributed by atoms with Crippen molar-refractivity contribution in [3.63, 3.8) is 0 Å². The summed E-state index contributed by atoms with van der Waals surface area (Å²) in [5.74, 6) is 0. The van der Waals surface area contributed by atoms with Crippen LogP contribution in [0.3, 0.4) is 0 Å². The molecule has 2 N–H and O–H groups in total. The number of nitrogens with zero attached hydrogens (tertiary/aromatic N) is 1.